The summed E-state index contributed by atoms with van der Waals surface area (Å²) in [6.45, 7) is 2.08. The topological polar surface area (TPSA) is 80.9 Å². The summed E-state index contributed by atoms with van der Waals surface area (Å²) < 4.78 is 0. The van der Waals surface area contributed by atoms with Crippen LogP contribution in [0.1, 0.15) is 40.7 Å². The van der Waals surface area contributed by atoms with Gasteiger partial charge in [0.2, 0.25) is 5.91 Å². The van der Waals surface area contributed by atoms with Crippen molar-refractivity contribution in [3.8, 4) is 0 Å². The molecule has 0 fully saturated rings. The van der Waals surface area contributed by atoms with E-state index in [9.17, 15) is 4.79 Å². The van der Waals surface area contributed by atoms with Gasteiger partial charge in [0.05, 0.1) is 16.7 Å². The summed E-state index contributed by atoms with van der Waals surface area (Å²) in [6, 6.07) is 7.63. The molecule has 0 aliphatic carbocycles. The Morgan fingerprint density at radius 3 is 2.73 bits per heavy atom. The Balaban J connectivity index is 1.69. The second-order valence-electron chi connectivity index (χ2n) is 6.02. The van der Waals surface area contributed by atoms with Gasteiger partial charge in [0.15, 0.2) is 0 Å². The molecule has 0 aliphatic heterocycles. The maximum atomic E-state index is 12.5. The molecule has 1 unspecified atom stereocenters. The van der Waals surface area contributed by atoms with Gasteiger partial charge in [0.25, 0.3) is 0 Å². The molecule has 5 nitrogen and oxygen atoms in total. The molecule has 0 saturated heterocycles. The molecule has 1 atom stereocenters. The Morgan fingerprint density at radius 1 is 1.27 bits per heavy atom. The van der Waals surface area contributed by atoms with Gasteiger partial charge in [-0.2, -0.15) is 0 Å². The Kier molecular flexibility index (Phi) is 6.35. The van der Waals surface area contributed by atoms with Crippen LogP contribution in [0.4, 0.5) is 5.69 Å². The standard InChI is InChI=1S/C19H22N4OS2/c1-2-15-12-26-19(22-15)16(11-13-3-5-14(20)6-4-13)23-17(24)7-8-18-21-9-10-25-18/h3-6,9-10,12,16H,2,7-8,11,20H2,1H3,(H,23,24). The number of carbonyl (C=O) groups excluding carboxylic acids is 1. The molecule has 0 aliphatic rings. The van der Waals surface area contributed by atoms with Gasteiger partial charge < -0.3 is 11.1 Å². The number of nitrogens with two attached hydrogens (primary N) is 1. The maximum absolute atomic E-state index is 12.5. The van der Waals surface area contributed by atoms with Crippen LogP contribution in [0.5, 0.6) is 0 Å². The lowest BCUT2D eigenvalue weighted by Crippen LogP contribution is -2.30. The van der Waals surface area contributed by atoms with Crippen LogP contribution >= 0.6 is 22.7 Å². The number of benzene rings is 1. The highest BCUT2D eigenvalue weighted by atomic mass is 32.1. The zero-order valence-corrected chi connectivity index (χ0v) is 16.3. The van der Waals surface area contributed by atoms with E-state index in [-0.39, 0.29) is 11.9 Å². The first kappa shape index (κ1) is 18.5. The number of nitrogens with zero attached hydrogens (tertiary/aromatic N) is 2. The molecule has 1 aromatic carbocycles. The van der Waals surface area contributed by atoms with Crippen LogP contribution in [0.25, 0.3) is 0 Å². The number of anilines is 1. The number of rotatable bonds is 8. The Bertz CT molecular complexity index is 828. The third kappa shape index (κ3) is 5.12. The van der Waals surface area contributed by atoms with Gasteiger partial charge in [0, 0.05) is 35.5 Å². The minimum absolute atomic E-state index is 0.0221. The van der Waals surface area contributed by atoms with Crippen molar-refractivity contribution in [2.75, 3.05) is 5.73 Å². The number of nitrogen functional groups attached to an aromatic ring is 1. The first-order valence-electron chi connectivity index (χ1n) is 8.60. The second-order valence-corrected chi connectivity index (χ2v) is 7.89. The van der Waals surface area contributed by atoms with Gasteiger partial charge in [-0.15, -0.1) is 22.7 Å². The van der Waals surface area contributed by atoms with E-state index in [4.69, 9.17) is 5.73 Å². The fourth-order valence-electron chi connectivity index (χ4n) is 2.60. The number of nitrogens with one attached hydrogen (secondary N) is 1. The zero-order valence-electron chi connectivity index (χ0n) is 14.6. The van der Waals surface area contributed by atoms with E-state index in [0.717, 1.165) is 33.4 Å². The monoisotopic (exact) mass is 386 g/mol. The predicted octanol–water partition coefficient (Wildman–Crippen LogP) is 3.78. The average molecular weight is 387 g/mol. The van der Waals surface area contributed by atoms with Crippen molar-refractivity contribution < 1.29 is 4.79 Å². The number of thiazole rings is 2. The van der Waals surface area contributed by atoms with Crippen molar-refractivity contribution in [1.82, 2.24) is 15.3 Å². The molecule has 1 amide bonds. The SMILES string of the molecule is CCc1csc(C(Cc2ccc(N)cc2)NC(=O)CCc2nccs2)n1. The van der Waals surface area contributed by atoms with Gasteiger partial charge in [-0.25, -0.2) is 9.97 Å². The molecule has 7 heteroatoms. The van der Waals surface area contributed by atoms with Crippen LogP contribution in [0.2, 0.25) is 0 Å². The number of amides is 1. The first-order chi connectivity index (χ1) is 12.6. The van der Waals surface area contributed by atoms with Crippen LogP contribution in [0.3, 0.4) is 0 Å². The van der Waals surface area contributed by atoms with E-state index < -0.39 is 0 Å². The third-order valence-electron chi connectivity index (χ3n) is 4.03. The average Bonchev–Trinajstić information content (AvgIpc) is 3.33. The molecule has 3 rings (SSSR count). The van der Waals surface area contributed by atoms with Crippen molar-refractivity contribution in [2.24, 2.45) is 0 Å². The highest BCUT2D eigenvalue weighted by Gasteiger charge is 2.19. The lowest BCUT2D eigenvalue weighted by atomic mass is 10.1. The summed E-state index contributed by atoms with van der Waals surface area (Å²) in [7, 11) is 0. The fourth-order valence-corrected chi connectivity index (χ4v) is 4.17. The first-order valence-corrected chi connectivity index (χ1v) is 10.4. The molecule has 2 heterocycles. The highest BCUT2D eigenvalue weighted by molar-refractivity contribution is 7.09. The molecule has 3 N–H and O–H groups in total. The lowest BCUT2D eigenvalue weighted by Gasteiger charge is -2.17. The van der Waals surface area contributed by atoms with Crippen LogP contribution in [-0.2, 0) is 24.1 Å². The third-order valence-corrected chi connectivity index (χ3v) is 5.88. The van der Waals surface area contributed by atoms with Crippen LogP contribution in [-0.4, -0.2) is 15.9 Å². The molecule has 0 spiro atoms. The number of carbonyl (C=O) groups is 1. The van der Waals surface area contributed by atoms with E-state index >= 15 is 0 Å². The zero-order chi connectivity index (χ0) is 18.4. The molecular formula is C19H22N4OS2. The summed E-state index contributed by atoms with van der Waals surface area (Å²) in [5.74, 6) is 0.0221. The predicted molar refractivity (Wildman–Crippen MR) is 107 cm³/mol. The number of hydrogen-bond donors (Lipinski definition) is 2. The van der Waals surface area contributed by atoms with Crippen LogP contribution in [0.15, 0.2) is 41.2 Å². The quantitative estimate of drug-likeness (QED) is 0.577. The smallest absolute Gasteiger partial charge is 0.220 e. The molecule has 3 aromatic rings. The Morgan fingerprint density at radius 2 is 2.08 bits per heavy atom. The summed E-state index contributed by atoms with van der Waals surface area (Å²) in [5.41, 5.74) is 8.69. The Labute approximate surface area is 161 Å². The van der Waals surface area contributed by atoms with Crippen LogP contribution in [0, 0.1) is 0 Å². The van der Waals surface area contributed by atoms with Gasteiger partial charge >= 0.3 is 0 Å². The normalized spacial score (nSPS) is 12.0. The van der Waals surface area contributed by atoms with Crippen molar-refractivity contribution >= 4 is 34.3 Å². The number of hydrogen-bond acceptors (Lipinski definition) is 6. The number of aromatic nitrogens is 2. The molecule has 2 aromatic heterocycles. The molecule has 0 saturated carbocycles. The van der Waals surface area contributed by atoms with Crippen molar-refractivity contribution in [3.05, 3.63) is 62.5 Å². The van der Waals surface area contributed by atoms with Crippen molar-refractivity contribution in [3.63, 3.8) is 0 Å². The minimum Gasteiger partial charge on any atom is -0.399 e. The van der Waals surface area contributed by atoms with E-state index in [1.807, 2.05) is 29.6 Å². The fraction of sp³-hybridized carbons (Fsp3) is 0.316. The van der Waals surface area contributed by atoms with E-state index in [0.29, 0.717) is 19.3 Å². The largest absolute Gasteiger partial charge is 0.399 e. The molecule has 26 heavy (non-hydrogen) atoms. The summed E-state index contributed by atoms with van der Waals surface area (Å²) in [5, 5.41) is 9.07. The number of aryl methyl sites for hydroxylation is 2. The van der Waals surface area contributed by atoms with Crippen LogP contribution < -0.4 is 11.1 Å². The van der Waals surface area contributed by atoms with E-state index in [2.05, 4.69) is 27.6 Å². The van der Waals surface area contributed by atoms with Crippen molar-refractivity contribution in [1.29, 1.82) is 0 Å². The highest BCUT2D eigenvalue weighted by Crippen LogP contribution is 2.23. The maximum Gasteiger partial charge on any atom is 0.220 e. The molecule has 0 radical (unpaired) electrons. The van der Waals surface area contributed by atoms with Gasteiger partial charge in [0.1, 0.15) is 5.01 Å². The van der Waals surface area contributed by atoms with Crippen molar-refractivity contribution in [2.45, 2.75) is 38.6 Å². The summed E-state index contributed by atoms with van der Waals surface area (Å²) >= 11 is 3.18. The molecular weight excluding hydrogens is 364 g/mol. The lowest BCUT2D eigenvalue weighted by molar-refractivity contribution is -0.121. The van der Waals surface area contributed by atoms with Gasteiger partial charge in [-0.1, -0.05) is 19.1 Å². The van der Waals surface area contributed by atoms with E-state index in [1.54, 1.807) is 28.9 Å². The second kappa shape index (κ2) is 8.91. The van der Waals surface area contributed by atoms with Gasteiger partial charge in [-0.05, 0) is 30.5 Å². The summed E-state index contributed by atoms with van der Waals surface area (Å²) in [6.07, 6.45) is 4.45. The molecule has 0 bridgehead atoms. The van der Waals surface area contributed by atoms with E-state index in [1.165, 1.54) is 0 Å². The summed E-state index contributed by atoms with van der Waals surface area (Å²) in [4.78, 5) is 21.4. The van der Waals surface area contributed by atoms with Gasteiger partial charge in [-0.3, -0.25) is 4.79 Å². The molecule has 136 valence electrons. The minimum atomic E-state index is -0.132. The Hall–Kier alpha value is -2.25.